The van der Waals surface area contributed by atoms with Crippen molar-refractivity contribution in [2.24, 2.45) is 5.92 Å². The third-order valence-corrected chi connectivity index (χ3v) is 5.53. The summed E-state index contributed by atoms with van der Waals surface area (Å²) in [5.41, 5.74) is 2.15. The van der Waals surface area contributed by atoms with E-state index in [1.165, 1.54) is 11.1 Å². The van der Waals surface area contributed by atoms with Crippen molar-refractivity contribution in [3.8, 4) is 5.75 Å². The van der Waals surface area contributed by atoms with Gasteiger partial charge in [0, 0.05) is 13.1 Å². The molecule has 1 aliphatic rings. The Morgan fingerprint density at radius 2 is 1.80 bits per heavy atom. The average molecular weight is 414 g/mol. The Morgan fingerprint density at radius 1 is 1.17 bits per heavy atom. The summed E-state index contributed by atoms with van der Waals surface area (Å²) >= 11 is 0. The highest BCUT2D eigenvalue weighted by Crippen LogP contribution is 2.25. The summed E-state index contributed by atoms with van der Waals surface area (Å²) in [6, 6.07) is 8.46. The van der Waals surface area contributed by atoms with Gasteiger partial charge in [-0.15, -0.1) is 0 Å². The van der Waals surface area contributed by atoms with Crippen LogP contribution in [0, 0.1) is 5.92 Å². The maximum absolute atomic E-state index is 12.2. The van der Waals surface area contributed by atoms with Gasteiger partial charge in [0.1, 0.15) is 17.1 Å². The Labute approximate surface area is 182 Å². The van der Waals surface area contributed by atoms with Gasteiger partial charge < -0.3 is 14.4 Å². The van der Waals surface area contributed by atoms with Gasteiger partial charge in [-0.3, -0.25) is 0 Å². The summed E-state index contributed by atoms with van der Waals surface area (Å²) in [6.45, 7) is 13.6. The minimum absolute atomic E-state index is 0.179. The molecule has 0 radical (unpaired) electrons. The van der Waals surface area contributed by atoms with Crippen molar-refractivity contribution in [1.29, 1.82) is 0 Å². The molecule has 1 aromatic carbocycles. The summed E-state index contributed by atoms with van der Waals surface area (Å²) in [5, 5.41) is 0. The van der Waals surface area contributed by atoms with Gasteiger partial charge in [-0.2, -0.15) is 0 Å². The van der Waals surface area contributed by atoms with E-state index in [2.05, 4.69) is 38.1 Å². The van der Waals surface area contributed by atoms with Crippen LogP contribution in [0.4, 0.5) is 4.79 Å². The van der Waals surface area contributed by atoms with E-state index in [-0.39, 0.29) is 6.09 Å². The molecule has 0 atom stereocenters. The number of piperidine rings is 1. The predicted octanol–water partition coefficient (Wildman–Crippen LogP) is 6.91. The van der Waals surface area contributed by atoms with Crippen LogP contribution in [0.15, 0.2) is 47.7 Å². The molecule has 0 aliphatic carbocycles. The minimum atomic E-state index is -0.428. The fourth-order valence-electron chi connectivity index (χ4n) is 3.54. The van der Waals surface area contributed by atoms with Crippen LogP contribution >= 0.6 is 0 Å². The Kier molecular flexibility index (Phi) is 9.01. The van der Waals surface area contributed by atoms with E-state index in [1.54, 1.807) is 0 Å². The third-order valence-electron chi connectivity index (χ3n) is 5.53. The van der Waals surface area contributed by atoms with E-state index in [9.17, 15) is 4.79 Å². The summed E-state index contributed by atoms with van der Waals surface area (Å²) < 4.78 is 11.6. The Balaban J connectivity index is 1.80. The normalized spacial score (nSPS) is 16.5. The molecule has 0 saturated carbocycles. The molecule has 30 heavy (non-hydrogen) atoms. The average Bonchev–Trinajstić information content (AvgIpc) is 2.71. The number of carbonyl (C=O) groups is 1. The van der Waals surface area contributed by atoms with E-state index in [0.29, 0.717) is 5.92 Å². The van der Waals surface area contributed by atoms with Crippen molar-refractivity contribution < 1.29 is 14.3 Å². The number of likely N-dealkylation sites (tertiary alicyclic amines) is 1. The van der Waals surface area contributed by atoms with Gasteiger partial charge in [0.15, 0.2) is 0 Å². The van der Waals surface area contributed by atoms with Crippen molar-refractivity contribution in [3.63, 3.8) is 0 Å². The van der Waals surface area contributed by atoms with E-state index in [1.807, 2.05) is 44.7 Å². The third kappa shape index (κ3) is 7.89. The van der Waals surface area contributed by atoms with Crippen LogP contribution in [0.3, 0.4) is 0 Å². The number of hydrogen-bond donors (Lipinski definition) is 0. The van der Waals surface area contributed by atoms with Crippen molar-refractivity contribution in [2.75, 3.05) is 13.1 Å². The molecule has 4 nitrogen and oxygen atoms in total. The highest BCUT2D eigenvalue weighted by molar-refractivity contribution is 5.68. The quantitative estimate of drug-likeness (QED) is 0.360. The van der Waals surface area contributed by atoms with Gasteiger partial charge in [0.2, 0.25) is 0 Å². The molecule has 1 amide bonds. The Bertz CT molecular complexity index is 733. The number of hydrogen-bond acceptors (Lipinski definition) is 3. The molecule has 4 heteroatoms. The van der Waals surface area contributed by atoms with Gasteiger partial charge in [-0.05, 0) is 102 Å². The maximum atomic E-state index is 12.2. The van der Waals surface area contributed by atoms with Crippen LogP contribution in [0.2, 0.25) is 0 Å². The summed E-state index contributed by atoms with van der Waals surface area (Å²) in [5.74, 6) is 2.48. The van der Waals surface area contributed by atoms with E-state index >= 15 is 0 Å². The number of aryl methyl sites for hydroxylation is 1. The lowest BCUT2D eigenvalue weighted by Gasteiger charge is -2.33. The molecule has 0 spiro atoms. The van der Waals surface area contributed by atoms with Gasteiger partial charge >= 0.3 is 6.09 Å². The van der Waals surface area contributed by atoms with Crippen LogP contribution in [0.25, 0.3) is 0 Å². The maximum Gasteiger partial charge on any atom is 0.410 e. The number of amides is 1. The number of ether oxygens (including phenoxy) is 2. The smallest absolute Gasteiger partial charge is 0.410 e. The zero-order valence-corrected chi connectivity index (χ0v) is 19.7. The Hall–Kier alpha value is -2.23. The molecule has 0 unspecified atom stereocenters. The van der Waals surface area contributed by atoms with Crippen molar-refractivity contribution >= 4 is 6.09 Å². The zero-order valence-electron chi connectivity index (χ0n) is 19.7. The first-order valence-corrected chi connectivity index (χ1v) is 11.3. The van der Waals surface area contributed by atoms with Gasteiger partial charge in [0.05, 0.1) is 0 Å². The van der Waals surface area contributed by atoms with E-state index in [4.69, 9.17) is 9.47 Å². The molecule has 0 bridgehead atoms. The van der Waals surface area contributed by atoms with Crippen molar-refractivity contribution in [3.05, 3.63) is 53.3 Å². The van der Waals surface area contributed by atoms with Gasteiger partial charge in [-0.25, -0.2) is 4.79 Å². The molecule has 0 N–H and O–H groups in total. The highest BCUT2D eigenvalue weighted by Gasteiger charge is 2.26. The largest absolute Gasteiger partial charge is 0.457 e. The van der Waals surface area contributed by atoms with Crippen molar-refractivity contribution in [2.45, 2.75) is 79.2 Å². The fraction of sp³-hybridized carbons (Fsp3) is 0.577. The number of allylic oxidation sites excluding steroid dienone is 3. The first-order valence-electron chi connectivity index (χ1n) is 11.3. The minimum Gasteiger partial charge on any atom is -0.457 e. The van der Waals surface area contributed by atoms with Crippen LogP contribution in [0.1, 0.15) is 72.8 Å². The second-order valence-corrected chi connectivity index (χ2v) is 9.19. The van der Waals surface area contributed by atoms with Crippen LogP contribution in [0.5, 0.6) is 5.75 Å². The summed E-state index contributed by atoms with van der Waals surface area (Å²) in [7, 11) is 0. The first kappa shape index (κ1) is 24.0. The molecule has 1 saturated heterocycles. The fourth-order valence-corrected chi connectivity index (χ4v) is 3.54. The monoisotopic (exact) mass is 413 g/mol. The van der Waals surface area contributed by atoms with Gasteiger partial charge in [0.25, 0.3) is 0 Å². The number of nitrogens with zero attached hydrogens (tertiary/aromatic N) is 1. The molecule has 0 aromatic heterocycles. The zero-order chi connectivity index (χ0) is 22.1. The standard InChI is InChI=1S/C26H39NO3/c1-7-9-24(20(3)8-2)29-23-14-12-21(13-15-23)10-11-22-16-18-27(19-17-22)25(28)30-26(4,5)6/h7,9,12-15,22H,8,10-11,16-19H2,1-6H3/b9-7-,24-20+. The lowest BCUT2D eigenvalue weighted by Crippen LogP contribution is -2.41. The lowest BCUT2D eigenvalue weighted by atomic mass is 9.90. The van der Waals surface area contributed by atoms with Crippen molar-refractivity contribution in [1.82, 2.24) is 4.90 Å². The molecular weight excluding hydrogens is 374 g/mol. The topological polar surface area (TPSA) is 38.8 Å². The molecule has 1 aromatic rings. The SMILES string of the molecule is C/C=C\C(Oc1ccc(CCC2CCN(C(=O)OC(C)(C)C)CC2)cc1)=C(\C)CC. The second kappa shape index (κ2) is 11.2. The molecule has 2 rings (SSSR count). The van der Waals surface area contributed by atoms with Crippen LogP contribution in [-0.2, 0) is 11.2 Å². The number of rotatable bonds is 7. The number of carbonyl (C=O) groups excluding carboxylic acids is 1. The molecule has 1 fully saturated rings. The molecule has 166 valence electrons. The van der Waals surface area contributed by atoms with E-state index < -0.39 is 5.60 Å². The van der Waals surface area contributed by atoms with Crippen LogP contribution in [-0.4, -0.2) is 29.7 Å². The molecular formula is C26H39NO3. The molecule has 1 aliphatic heterocycles. The van der Waals surface area contributed by atoms with Crippen LogP contribution < -0.4 is 4.74 Å². The number of benzene rings is 1. The summed E-state index contributed by atoms with van der Waals surface area (Å²) in [4.78, 5) is 14.0. The first-order chi connectivity index (χ1) is 14.2. The Morgan fingerprint density at radius 3 is 2.33 bits per heavy atom. The summed E-state index contributed by atoms with van der Waals surface area (Å²) in [6.07, 6.45) is 9.14. The lowest BCUT2D eigenvalue weighted by molar-refractivity contribution is 0.0181. The van der Waals surface area contributed by atoms with Gasteiger partial charge in [-0.1, -0.05) is 25.1 Å². The molecule has 1 heterocycles. The second-order valence-electron chi connectivity index (χ2n) is 9.19. The highest BCUT2D eigenvalue weighted by atomic mass is 16.6. The predicted molar refractivity (Wildman–Crippen MR) is 124 cm³/mol. The van der Waals surface area contributed by atoms with E-state index in [0.717, 1.165) is 56.7 Å².